The van der Waals surface area contributed by atoms with E-state index in [2.05, 4.69) is 10.3 Å². The zero-order valence-electron chi connectivity index (χ0n) is 12.8. The molecule has 0 bridgehead atoms. The summed E-state index contributed by atoms with van der Waals surface area (Å²) in [5.41, 5.74) is -0.477. The predicted octanol–water partition coefficient (Wildman–Crippen LogP) is 2.05. The number of carboxylic acid groups (broad SMARTS) is 1. The van der Waals surface area contributed by atoms with Crippen molar-refractivity contribution < 1.29 is 9.90 Å². The summed E-state index contributed by atoms with van der Waals surface area (Å²) in [4.78, 5) is 27.6. The van der Waals surface area contributed by atoms with Gasteiger partial charge in [0.1, 0.15) is 0 Å². The first-order chi connectivity index (χ1) is 9.79. The van der Waals surface area contributed by atoms with Crippen molar-refractivity contribution >= 4 is 11.8 Å². The van der Waals surface area contributed by atoms with Crippen LogP contribution in [0.15, 0.2) is 17.2 Å². The molecule has 0 aliphatic heterocycles. The van der Waals surface area contributed by atoms with Crippen molar-refractivity contribution in [1.29, 1.82) is 0 Å². The molecule has 1 aliphatic carbocycles. The highest BCUT2D eigenvalue weighted by Gasteiger charge is 2.28. The summed E-state index contributed by atoms with van der Waals surface area (Å²) >= 11 is 0. The van der Waals surface area contributed by atoms with Crippen molar-refractivity contribution in [3.8, 4) is 0 Å². The first-order valence-corrected chi connectivity index (χ1v) is 7.36. The largest absolute Gasteiger partial charge is 0.481 e. The van der Waals surface area contributed by atoms with E-state index in [-0.39, 0.29) is 23.1 Å². The third kappa shape index (κ3) is 3.62. The molecule has 0 aromatic carbocycles. The van der Waals surface area contributed by atoms with Crippen molar-refractivity contribution in [2.75, 3.05) is 5.32 Å². The summed E-state index contributed by atoms with van der Waals surface area (Å²) in [6.07, 6.45) is 6.26. The van der Waals surface area contributed by atoms with E-state index < -0.39 is 5.97 Å². The SMILES string of the molecule is CC(C)(C)n1ccnc(NC2CCCC(C(=O)O)C2)c1=O. The summed E-state index contributed by atoms with van der Waals surface area (Å²) in [5.74, 6) is -0.775. The minimum absolute atomic E-state index is 0.00383. The third-order valence-corrected chi connectivity index (χ3v) is 3.93. The highest BCUT2D eigenvalue weighted by atomic mass is 16.4. The maximum atomic E-state index is 12.4. The maximum Gasteiger partial charge on any atom is 0.306 e. The number of anilines is 1. The zero-order chi connectivity index (χ0) is 15.6. The minimum Gasteiger partial charge on any atom is -0.481 e. The second-order valence-corrected chi connectivity index (χ2v) is 6.66. The monoisotopic (exact) mass is 293 g/mol. The average Bonchev–Trinajstić information content (AvgIpc) is 2.40. The molecule has 1 fully saturated rings. The van der Waals surface area contributed by atoms with Crippen LogP contribution >= 0.6 is 0 Å². The quantitative estimate of drug-likeness (QED) is 0.891. The Hall–Kier alpha value is -1.85. The Morgan fingerprint density at radius 3 is 2.76 bits per heavy atom. The molecule has 2 atom stereocenters. The standard InChI is InChI=1S/C15H23N3O3/c1-15(2,3)18-8-7-16-12(13(18)19)17-11-6-4-5-10(9-11)14(20)21/h7-8,10-11H,4-6,9H2,1-3H3,(H,16,17)(H,20,21). The average molecular weight is 293 g/mol. The smallest absolute Gasteiger partial charge is 0.306 e. The first kappa shape index (κ1) is 15.5. The van der Waals surface area contributed by atoms with E-state index in [1.807, 2.05) is 20.8 Å². The summed E-state index contributed by atoms with van der Waals surface area (Å²) in [7, 11) is 0. The molecule has 6 nitrogen and oxygen atoms in total. The highest BCUT2D eigenvalue weighted by molar-refractivity contribution is 5.70. The Labute approximate surface area is 124 Å². The molecule has 1 heterocycles. The van der Waals surface area contributed by atoms with E-state index >= 15 is 0 Å². The van der Waals surface area contributed by atoms with Gasteiger partial charge < -0.3 is 15.0 Å². The second-order valence-electron chi connectivity index (χ2n) is 6.66. The van der Waals surface area contributed by atoms with Crippen molar-refractivity contribution in [1.82, 2.24) is 9.55 Å². The molecule has 0 saturated heterocycles. The number of nitrogens with zero attached hydrogens (tertiary/aromatic N) is 2. The van der Waals surface area contributed by atoms with Crippen molar-refractivity contribution in [2.24, 2.45) is 5.92 Å². The van der Waals surface area contributed by atoms with Crippen LogP contribution in [0.3, 0.4) is 0 Å². The summed E-state index contributed by atoms with van der Waals surface area (Å²) < 4.78 is 1.64. The first-order valence-electron chi connectivity index (χ1n) is 7.36. The van der Waals surface area contributed by atoms with Gasteiger partial charge in [0.05, 0.1) is 5.92 Å². The number of rotatable bonds is 3. The number of aliphatic carboxylic acids is 1. The Morgan fingerprint density at radius 1 is 1.43 bits per heavy atom. The molecule has 2 unspecified atom stereocenters. The van der Waals surface area contributed by atoms with Gasteiger partial charge in [-0.25, -0.2) is 4.98 Å². The van der Waals surface area contributed by atoms with Gasteiger partial charge in [-0.2, -0.15) is 0 Å². The normalized spacial score (nSPS) is 22.8. The molecular weight excluding hydrogens is 270 g/mol. The maximum absolute atomic E-state index is 12.4. The van der Waals surface area contributed by atoms with Gasteiger partial charge in [-0.15, -0.1) is 0 Å². The van der Waals surface area contributed by atoms with E-state index in [9.17, 15) is 9.59 Å². The highest BCUT2D eigenvalue weighted by Crippen LogP contribution is 2.26. The van der Waals surface area contributed by atoms with Crippen molar-refractivity contribution in [2.45, 2.75) is 58.0 Å². The molecule has 0 amide bonds. The lowest BCUT2D eigenvalue weighted by Gasteiger charge is -2.28. The van der Waals surface area contributed by atoms with Gasteiger partial charge in [-0.05, 0) is 40.0 Å². The van der Waals surface area contributed by atoms with Gasteiger partial charge in [-0.3, -0.25) is 9.59 Å². The fraction of sp³-hybridized carbons (Fsp3) is 0.667. The predicted molar refractivity (Wildman–Crippen MR) is 80.5 cm³/mol. The lowest BCUT2D eigenvalue weighted by Crippen LogP contribution is -2.38. The lowest BCUT2D eigenvalue weighted by molar-refractivity contribution is -0.142. The van der Waals surface area contributed by atoms with E-state index in [0.717, 1.165) is 12.8 Å². The van der Waals surface area contributed by atoms with E-state index in [1.165, 1.54) is 0 Å². The van der Waals surface area contributed by atoms with Gasteiger partial charge in [0.25, 0.3) is 5.56 Å². The van der Waals surface area contributed by atoms with Crippen LogP contribution in [0.25, 0.3) is 0 Å². The molecule has 21 heavy (non-hydrogen) atoms. The fourth-order valence-electron chi connectivity index (χ4n) is 2.78. The molecule has 2 N–H and O–H groups in total. The number of carbonyl (C=O) groups is 1. The van der Waals surface area contributed by atoms with Crippen LogP contribution in [0, 0.1) is 5.92 Å². The summed E-state index contributed by atoms with van der Waals surface area (Å²) in [6.45, 7) is 5.87. The van der Waals surface area contributed by atoms with Crippen LogP contribution < -0.4 is 10.9 Å². The fourth-order valence-corrected chi connectivity index (χ4v) is 2.78. The van der Waals surface area contributed by atoms with Gasteiger partial charge in [-0.1, -0.05) is 6.42 Å². The lowest BCUT2D eigenvalue weighted by atomic mass is 9.86. The Bertz CT molecular complexity index is 574. The molecule has 116 valence electrons. The molecular formula is C15H23N3O3. The van der Waals surface area contributed by atoms with Crippen LogP contribution in [-0.2, 0) is 10.3 Å². The zero-order valence-corrected chi connectivity index (χ0v) is 12.8. The second kappa shape index (κ2) is 5.87. The van der Waals surface area contributed by atoms with Gasteiger partial charge in [0.2, 0.25) is 0 Å². The minimum atomic E-state index is -0.755. The third-order valence-electron chi connectivity index (χ3n) is 3.93. The molecule has 0 spiro atoms. The van der Waals surface area contributed by atoms with Crippen molar-refractivity contribution in [3.63, 3.8) is 0 Å². The van der Waals surface area contributed by atoms with Gasteiger partial charge >= 0.3 is 5.97 Å². The van der Waals surface area contributed by atoms with Crippen LogP contribution in [-0.4, -0.2) is 26.7 Å². The molecule has 1 aliphatic rings. The Morgan fingerprint density at radius 2 is 2.14 bits per heavy atom. The van der Waals surface area contributed by atoms with E-state index in [4.69, 9.17) is 5.11 Å². The Balaban J connectivity index is 2.17. The van der Waals surface area contributed by atoms with Crippen LogP contribution in [0.4, 0.5) is 5.82 Å². The molecule has 2 rings (SSSR count). The molecule has 6 heteroatoms. The molecule has 1 aromatic rings. The van der Waals surface area contributed by atoms with Gasteiger partial charge in [0, 0.05) is 24.0 Å². The number of hydrogen-bond acceptors (Lipinski definition) is 4. The number of hydrogen-bond donors (Lipinski definition) is 2. The summed E-state index contributed by atoms with van der Waals surface area (Å²) in [6, 6.07) is -0.00383. The van der Waals surface area contributed by atoms with Crippen LogP contribution in [0.1, 0.15) is 46.5 Å². The topological polar surface area (TPSA) is 84.2 Å². The molecule has 1 aromatic heterocycles. The van der Waals surface area contributed by atoms with E-state index in [1.54, 1.807) is 17.0 Å². The molecule has 0 radical (unpaired) electrons. The van der Waals surface area contributed by atoms with Crippen LogP contribution in [0.2, 0.25) is 0 Å². The number of nitrogens with one attached hydrogen (secondary N) is 1. The molecule has 1 saturated carbocycles. The number of aromatic nitrogens is 2. The number of carboxylic acids is 1. The van der Waals surface area contributed by atoms with Gasteiger partial charge in [0.15, 0.2) is 5.82 Å². The van der Waals surface area contributed by atoms with E-state index in [0.29, 0.717) is 18.7 Å². The van der Waals surface area contributed by atoms with Crippen molar-refractivity contribution in [3.05, 3.63) is 22.7 Å². The Kier molecular flexibility index (Phi) is 4.34. The summed E-state index contributed by atoms with van der Waals surface area (Å²) in [5, 5.41) is 12.3. The van der Waals surface area contributed by atoms with Crippen LogP contribution in [0.5, 0.6) is 0 Å².